The molecule has 33 heavy (non-hydrogen) atoms. The molecule has 2 amide bonds. The zero-order chi connectivity index (χ0) is 24.9. The summed E-state index contributed by atoms with van der Waals surface area (Å²) in [4.78, 5) is 25.1. The summed E-state index contributed by atoms with van der Waals surface area (Å²) in [6.07, 6.45) is 0. The Hall–Kier alpha value is -3.72. The molecule has 0 aliphatic carbocycles. The van der Waals surface area contributed by atoms with Gasteiger partial charge in [-0.05, 0) is 44.5 Å². The van der Waals surface area contributed by atoms with Crippen molar-refractivity contribution in [1.29, 1.82) is 5.41 Å². The van der Waals surface area contributed by atoms with Crippen molar-refractivity contribution in [2.45, 2.75) is 32.9 Å². The van der Waals surface area contributed by atoms with Gasteiger partial charge in [-0.3, -0.25) is 15.0 Å². The SMILES string of the molecule is COc1ccc(/C(C(=N)c2cc(Cl)c(O)cc2O)=C(/N)C(=O)N[C@H](C)C(=O)NC(C)C)cc1. The van der Waals surface area contributed by atoms with Crippen LogP contribution in [0.4, 0.5) is 0 Å². The van der Waals surface area contributed by atoms with Crippen LogP contribution in [-0.2, 0) is 9.59 Å². The number of nitrogens with two attached hydrogens (primary N) is 1. The summed E-state index contributed by atoms with van der Waals surface area (Å²) >= 11 is 5.96. The Bertz CT molecular complexity index is 1100. The van der Waals surface area contributed by atoms with Crippen molar-refractivity contribution in [1.82, 2.24) is 10.6 Å². The topological polar surface area (TPSA) is 158 Å². The highest BCUT2D eigenvalue weighted by molar-refractivity contribution is 6.37. The average molecular weight is 475 g/mol. The fraction of sp³-hybridized carbons (Fsp3) is 0.261. The molecule has 7 N–H and O–H groups in total. The Morgan fingerprint density at radius 2 is 1.67 bits per heavy atom. The molecule has 2 aromatic rings. The van der Waals surface area contributed by atoms with E-state index < -0.39 is 23.6 Å². The lowest BCUT2D eigenvalue weighted by atomic mass is 9.93. The molecule has 0 aliphatic rings. The second-order valence-corrected chi connectivity index (χ2v) is 7.98. The first-order chi connectivity index (χ1) is 15.5. The van der Waals surface area contributed by atoms with Crippen LogP contribution in [-0.4, -0.2) is 46.9 Å². The molecular formula is C23H27ClN4O5. The molecule has 0 unspecified atom stereocenters. The van der Waals surface area contributed by atoms with Gasteiger partial charge >= 0.3 is 0 Å². The van der Waals surface area contributed by atoms with Crippen molar-refractivity contribution in [2.75, 3.05) is 7.11 Å². The summed E-state index contributed by atoms with van der Waals surface area (Å²) in [7, 11) is 1.50. The number of ether oxygens (including phenoxy) is 1. The van der Waals surface area contributed by atoms with Gasteiger partial charge in [-0.1, -0.05) is 23.7 Å². The number of aromatic hydroxyl groups is 2. The number of rotatable bonds is 8. The standard InChI is InChI=1S/C23H27ClN4O5/c1-11(2)27-22(31)12(3)28-23(32)21(26)19(13-5-7-14(33-4)8-6-13)20(25)15-9-16(24)18(30)10-17(15)29/h5-12,25,29-30H,26H2,1-4H3,(H,27,31)(H,28,32)/b21-19-,25-20?/t12-/m1/s1. The van der Waals surface area contributed by atoms with E-state index in [0.717, 1.165) is 6.07 Å². The molecule has 9 nitrogen and oxygen atoms in total. The minimum Gasteiger partial charge on any atom is -0.507 e. The zero-order valence-corrected chi connectivity index (χ0v) is 19.4. The van der Waals surface area contributed by atoms with E-state index in [1.54, 1.807) is 38.1 Å². The quantitative estimate of drug-likeness (QED) is 0.255. The molecule has 0 saturated heterocycles. The first-order valence-electron chi connectivity index (χ1n) is 10.0. The molecule has 1 atom stereocenters. The van der Waals surface area contributed by atoms with Gasteiger partial charge in [0, 0.05) is 23.2 Å². The van der Waals surface area contributed by atoms with Gasteiger partial charge in [0.15, 0.2) is 0 Å². The number of phenolic OH excluding ortho intramolecular Hbond substituents is 2. The molecule has 0 aromatic heterocycles. The molecule has 0 saturated carbocycles. The van der Waals surface area contributed by atoms with E-state index in [1.165, 1.54) is 20.1 Å². The number of phenols is 2. The molecule has 0 heterocycles. The second-order valence-electron chi connectivity index (χ2n) is 7.57. The Morgan fingerprint density at radius 1 is 1.06 bits per heavy atom. The third kappa shape index (κ3) is 6.17. The van der Waals surface area contributed by atoms with Gasteiger partial charge in [0.1, 0.15) is 29.0 Å². The summed E-state index contributed by atoms with van der Waals surface area (Å²) < 4.78 is 5.15. The van der Waals surface area contributed by atoms with Crippen LogP contribution in [0.5, 0.6) is 17.2 Å². The highest BCUT2D eigenvalue weighted by Crippen LogP contribution is 2.34. The highest BCUT2D eigenvalue weighted by atomic mass is 35.5. The van der Waals surface area contributed by atoms with Crippen molar-refractivity contribution in [3.05, 3.63) is 58.2 Å². The molecule has 0 aliphatic heterocycles. The Kier molecular flexibility index (Phi) is 8.31. The van der Waals surface area contributed by atoms with Crippen LogP contribution in [0, 0.1) is 5.41 Å². The predicted molar refractivity (Wildman–Crippen MR) is 127 cm³/mol. The third-order valence-electron chi connectivity index (χ3n) is 4.65. The maximum Gasteiger partial charge on any atom is 0.268 e. The molecule has 10 heteroatoms. The van der Waals surface area contributed by atoms with Gasteiger partial charge in [-0.25, -0.2) is 0 Å². The fourth-order valence-electron chi connectivity index (χ4n) is 2.94. The number of hydrogen-bond acceptors (Lipinski definition) is 7. The number of carbonyl (C=O) groups excluding carboxylic acids is 2. The summed E-state index contributed by atoms with van der Waals surface area (Å²) in [5.74, 6) is -1.42. The van der Waals surface area contributed by atoms with Crippen molar-refractivity contribution >= 4 is 34.7 Å². The number of amides is 2. The summed E-state index contributed by atoms with van der Waals surface area (Å²) in [6.45, 7) is 5.09. The Morgan fingerprint density at radius 3 is 2.21 bits per heavy atom. The van der Waals surface area contributed by atoms with Crippen LogP contribution in [0.25, 0.3) is 5.57 Å². The normalized spacial score (nSPS) is 12.5. The van der Waals surface area contributed by atoms with Gasteiger partial charge < -0.3 is 31.3 Å². The van der Waals surface area contributed by atoms with Crippen LogP contribution < -0.4 is 21.1 Å². The number of nitrogens with one attached hydrogen (secondary N) is 3. The molecular weight excluding hydrogens is 448 g/mol. The number of halogens is 1. The van der Waals surface area contributed by atoms with E-state index in [4.69, 9.17) is 27.5 Å². The molecule has 176 valence electrons. The highest BCUT2D eigenvalue weighted by Gasteiger charge is 2.24. The maximum absolute atomic E-state index is 12.9. The van der Waals surface area contributed by atoms with Crippen molar-refractivity contribution in [3.8, 4) is 17.2 Å². The van der Waals surface area contributed by atoms with Crippen LogP contribution in [0.3, 0.4) is 0 Å². The lowest BCUT2D eigenvalue weighted by Crippen LogP contribution is -2.48. The predicted octanol–water partition coefficient (Wildman–Crippen LogP) is 2.53. The van der Waals surface area contributed by atoms with E-state index in [2.05, 4.69) is 10.6 Å². The van der Waals surface area contributed by atoms with Crippen LogP contribution >= 0.6 is 11.6 Å². The van der Waals surface area contributed by atoms with Crippen molar-refractivity contribution < 1.29 is 24.5 Å². The molecule has 0 fully saturated rings. The summed E-state index contributed by atoms with van der Waals surface area (Å²) in [5, 5.41) is 33.8. The van der Waals surface area contributed by atoms with Crippen molar-refractivity contribution in [2.24, 2.45) is 5.73 Å². The van der Waals surface area contributed by atoms with Crippen LogP contribution in [0.2, 0.25) is 5.02 Å². The average Bonchev–Trinajstić information content (AvgIpc) is 2.76. The molecule has 0 radical (unpaired) electrons. The first-order valence-corrected chi connectivity index (χ1v) is 10.4. The molecule has 0 spiro atoms. The number of allylic oxidation sites excluding steroid dienone is 1. The minimum atomic E-state index is -0.888. The monoisotopic (exact) mass is 474 g/mol. The Labute approximate surface area is 196 Å². The number of benzene rings is 2. The van der Waals surface area contributed by atoms with E-state index in [0.29, 0.717) is 11.3 Å². The second kappa shape index (κ2) is 10.7. The van der Waals surface area contributed by atoms with Crippen LogP contribution in [0.1, 0.15) is 31.9 Å². The van der Waals surface area contributed by atoms with Gasteiger partial charge in [-0.2, -0.15) is 0 Å². The van der Waals surface area contributed by atoms with Gasteiger partial charge in [0.05, 0.1) is 17.8 Å². The Balaban J connectivity index is 2.55. The largest absolute Gasteiger partial charge is 0.507 e. The van der Waals surface area contributed by atoms with E-state index in [-0.39, 0.29) is 39.4 Å². The first kappa shape index (κ1) is 25.5. The lowest BCUT2D eigenvalue weighted by Gasteiger charge is -2.19. The van der Waals surface area contributed by atoms with E-state index in [1.807, 2.05) is 0 Å². The van der Waals surface area contributed by atoms with Gasteiger partial charge in [0.2, 0.25) is 5.91 Å². The number of carbonyl (C=O) groups is 2. The smallest absolute Gasteiger partial charge is 0.268 e. The minimum absolute atomic E-state index is 0.0105. The maximum atomic E-state index is 12.9. The summed E-state index contributed by atoms with van der Waals surface area (Å²) in [5.41, 5.74) is 5.83. The molecule has 2 aromatic carbocycles. The van der Waals surface area contributed by atoms with Crippen LogP contribution in [0.15, 0.2) is 42.1 Å². The van der Waals surface area contributed by atoms with Gasteiger partial charge in [-0.15, -0.1) is 0 Å². The summed E-state index contributed by atoms with van der Waals surface area (Å²) in [6, 6.07) is 7.62. The molecule has 2 rings (SSSR count). The third-order valence-corrected chi connectivity index (χ3v) is 4.95. The van der Waals surface area contributed by atoms with Gasteiger partial charge in [0.25, 0.3) is 5.91 Å². The zero-order valence-electron chi connectivity index (χ0n) is 18.7. The number of methoxy groups -OCH3 is 1. The lowest BCUT2D eigenvalue weighted by molar-refractivity contribution is -0.127. The fourth-order valence-corrected chi connectivity index (χ4v) is 3.10. The molecule has 0 bridgehead atoms. The van der Waals surface area contributed by atoms with Crippen molar-refractivity contribution in [3.63, 3.8) is 0 Å². The van der Waals surface area contributed by atoms with E-state index >= 15 is 0 Å². The number of hydrogen-bond donors (Lipinski definition) is 6. The van der Waals surface area contributed by atoms with E-state index in [9.17, 15) is 19.8 Å².